The van der Waals surface area contributed by atoms with Crippen LogP contribution in [0, 0.1) is 0 Å². The van der Waals surface area contributed by atoms with Gasteiger partial charge in [0.1, 0.15) is 5.52 Å². The highest BCUT2D eigenvalue weighted by Crippen LogP contribution is 2.40. The summed E-state index contributed by atoms with van der Waals surface area (Å²) in [4.78, 5) is 15.0. The third-order valence-corrected chi connectivity index (χ3v) is 3.02. The van der Waals surface area contributed by atoms with Gasteiger partial charge < -0.3 is 9.52 Å². The summed E-state index contributed by atoms with van der Waals surface area (Å²) >= 11 is 0. The quantitative estimate of drug-likeness (QED) is 0.878. The minimum atomic E-state index is -0.774. The number of hydrogen-bond donors (Lipinski definition) is 1. The van der Waals surface area contributed by atoms with Crippen LogP contribution in [0.1, 0.15) is 36.6 Å². The van der Waals surface area contributed by atoms with Gasteiger partial charge >= 0.3 is 5.97 Å². The first-order valence-corrected chi connectivity index (χ1v) is 5.83. The molecule has 4 nitrogen and oxygen atoms in total. The van der Waals surface area contributed by atoms with Crippen LogP contribution in [0.2, 0.25) is 0 Å². The summed E-state index contributed by atoms with van der Waals surface area (Å²) in [6.07, 6.45) is 3.02. The van der Waals surface area contributed by atoms with Crippen LogP contribution in [-0.4, -0.2) is 16.1 Å². The Morgan fingerprint density at radius 1 is 1.47 bits per heavy atom. The number of benzene rings is 1. The van der Waals surface area contributed by atoms with Crippen LogP contribution in [-0.2, 0) is 11.2 Å². The molecule has 0 unspecified atom stereocenters. The second-order valence-electron chi connectivity index (χ2n) is 4.52. The van der Waals surface area contributed by atoms with E-state index >= 15 is 0 Å². The zero-order valence-corrected chi connectivity index (χ0v) is 9.35. The lowest BCUT2D eigenvalue weighted by molar-refractivity contribution is -0.136. The van der Waals surface area contributed by atoms with Crippen molar-refractivity contribution >= 4 is 17.1 Å². The summed E-state index contributed by atoms with van der Waals surface area (Å²) in [7, 11) is 0. The van der Waals surface area contributed by atoms with E-state index in [1.165, 1.54) is 12.8 Å². The van der Waals surface area contributed by atoms with Crippen LogP contribution in [0.5, 0.6) is 0 Å². The first kappa shape index (κ1) is 10.3. The van der Waals surface area contributed by atoms with Crippen LogP contribution in [0.4, 0.5) is 0 Å². The van der Waals surface area contributed by atoms with Crippen LogP contribution in [0.3, 0.4) is 0 Å². The smallest absolute Gasteiger partial charge is 0.303 e. The largest absolute Gasteiger partial charge is 0.481 e. The molecule has 1 N–H and O–H groups in total. The summed E-state index contributed by atoms with van der Waals surface area (Å²) < 4.78 is 5.65. The van der Waals surface area contributed by atoms with E-state index in [0.717, 1.165) is 22.6 Å². The van der Waals surface area contributed by atoms with Gasteiger partial charge in [-0.3, -0.25) is 4.79 Å². The molecular weight excluding hydrogens is 218 g/mol. The Morgan fingerprint density at radius 3 is 3.00 bits per heavy atom. The highest BCUT2D eigenvalue weighted by Gasteiger charge is 2.28. The molecule has 88 valence electrons. The molecule has 1 aliphatic carbocycles. The molecule has 0 atom stereocenters. The van der Waals surface area contributed by atoms with Crippen LogP contribution >= 0.6 is 0 Å². The van der Waals surface area contributed by atoms with Gasteiger partial charge in [0.05, 0.1) is 0 Å². The van der Waals surface area contributed by atoms with Gasteiger partial charge in [0.25, 0.3) is 0 Å². The van der Waals surface area contributed by atoms with Crippen molar-refractivity contribution in [3.05, 3.63) is 29.7 Å². The average molecular weight is 231 g/mol. The molecule has 0 spiro atoms. The van der Waals surface area contributed by atoms with Crippen molar-refractivity contribution in [2.24, 2.45) is 0 Å². The van der Waals surface area contributed by atoms with Crippen molar-refractivity contribution in [3.63, 3.8) is 0 Å². The minimum Gasteiger partial charge on any atom is -0.481 e. The van der Waals surface area contributed by atoms with Crippen molar-refractivity contribution in [3.8, 4) is 0 Å². The summed E-state index contributed by atoms with van der Waals surface area (Å²) in [6.45, 7) is 0. The molecule has 0 saturated heterocycles. The van der Waals surface area contributed by atoms with Crippen LogP contribution < -0.4 is 0 Å². The van der Waals surface area contributed by atoms with Gasteiger partial charge in [0.2, 0.25) is 0 Å². The Bertz CT molecular complexity index is 569. The van der Waals surface area contributed by atoms with Crippen molar-refractivity contribution < 1.29 is 14.3 Å². The number of aromatic nitrogens is 1. The summed E-state index contributed by atoms with van der Waals surface area (Å²) in [6, 6.07) is 5.71. The van der Waals surface area contributed by atoms with Gasteiger partial charge in [-0.25, -0.2) is 4.98 Å². The highest BCUT2D eigenvalue weighted by atomic mass is 16.4. The van der Waals surface area contributed by atoms with Gasteiger partial charge in [-0.2, -0.15) is 0 Å². The molecular formula is C13H13NO3. The van der Waals surface area contributed by atoms with E-state index in [2.05, 4.69) is 4.98 Å². The average Bonchev–Trinajstić information content (AvgIpc) is 3.06. The third-order valence-electron chi connectivity index (χ3n) is 3.02. The maximum absolute atomic E-state index is 10.5. The number of aliphatic carboxylic acids is 1. The minimum absolute atomic E-state index is 0.152. The molecule has 1 saturated carbocycles. The predicted molar refractivity (Wildman–Crippen MR) is 61.9 cm³/mol. The van der Waals surface area contributed by atoms with E-state index in [0.29, 0.717) is 12.3 Å². The van der Waals surface area contributed by atoms with E-state index in [1.54, 1.807) is 0 Å². The van der Waals surface area contributed by atoms with E-state index < -0.39 is 5.97 Å². The second kappa shape index (κ2) is 3.87. The standard InChI is InChI=1S/C13H13NO3/c15-12(16)6-2-8-1-5-11-10(7-8)14-13(17-11)9-3-4-9/h1,5,7,9H,2-4,6H2,(H,15,16). The third kappa shape index (κ3) is 2.16. The molecule has 1 aromatic heterocycles. The Hall–Kier alpha value is -1.84. The van der Waals surface area contributed by atoms with E-state index in [9.17, 15) is 4.79 Å². The first-order chi connectivity index (χ1) is 8.22. The maximum Gasteiger partial charge on any atom is 0.303 e. The Kier molecular flexibility index (Phi) is 2.35. The SMILES string of the molecule is O=C(O)CCc1ccc2oc(C3CC3)nc2c1. The molecule has 4 heteroatoms. The number of carboxylic acid groups (broad SMARTS) is 1. The van der Waals surface area contributed by atoms with E-state index in [1.807, 2.05) is 18.2 Å². The monoisotopic (exact) mass is 231 g/mol. The molecule has 17 heavy (non-hydrogen) atoms. The molecule has 1 fully saturated rings. The lowest BCUT2D eigenvalue weighted by Gasteiger charge is -1.96. The van der Waals surface area contributed by atoms with Gasteiger partial charge in [0.15, 0.2) is 11.5 Å². The summed E-state index contributed by atoms with van der Waals surface area (Å²) in [5.74, 6) is 0.559. The number of rotatable bonds is 4. The number of hydrogen-bond acceptors (Lipinski definition) is 3. The Labute approximate surface area is 98.3 Å². The predicted octanol–water partition coefficient (Wildman–Crippen LogP) is 2.72. The number of oxazole rings is 1. The van der Waals surface area contributed by atoms with Crippen molar-refractivity contribution in [2.75, 3.05) is 0 Å². The second-order valence-corrected chi connectivity index (χ2v) is 4.52. The fourth-order valence-electron chi connectivity index (χ4n) is 1.90. The van der Waals surface area contributed by atoms with Crippen molar-refractivity contribution in [1.29, 1.82) is 0 Å². The van der Waals surface area contributed by atoms with E-state index in [-0.39, 0.29) is 6.42 Å². The number of nitrogens with zero attached hydrogens (tertiary/aromatic N) is 1. The van der Waals surface area contributed by atoms with Gasteiger partial charge in [0, 0.05) is 12.3 Å². The van der Waals surface area contributed by atoms with Gasteiger partial charge in [-0.05, 0) is 37.0 Å². The van der Waals surface area contributed by atoms with E-state index in [4.69, 9.17) is 9.52 Å². The topological polar surface area (TPSA) is 63.3 Å². The molecule has 2 aromatic rings. The van der Waals surface area contributed by atoms with Crippen LogP contribution in [0.15, 0.2) is 22.6 Å². The lowest BCUT2D eigenvalue weighted by atomic mass is 10.1. The van der Waals surface area contributed by atoms with Crippen molar-refractivity contribution in [2.45, 2.75) is 31.6 Å². The van der Waals surface area contributed by atoms with Crippen molar-refractivity contribution in [1.82, 2.24) is 4.98 Å². The fourth-order valence-corrected chi connectivity index (χ4v) is 1.90. The lowest BCUT2D eigenvalue weighted by Crippen LogP contribution is -1.97. The number of fused-ring (bicyclic) bond motifs is 1. The molecule has 0 aliphatic heterocycles. The fraction of sp³-hybridized carbons (Fsp3) is 0.385. The molecule has 0 amide bonds. The Morgan fingerprint density at radius 2 is 2.29 bits per heavy atom. The highest BCUT2D eigenvalue weighted by molar-refractivity contribution is 5.74. The zero-order chi connectivity index (χ0) is 11.8. The van der Waals surface area contributed by atoms with Gasteiger partial charge in [-0.15, -0.1) is 0 Å². The van der Waals surface area contributed by atoms with Crippen LogP contribution in [0.25, 0.3) is 11.1 Å². The number of carboxylic acids is 1. The normalized spacial score (nSPS) is 15.3. The Balaban J connectivity index is 1.86. The molecule has 1 heterocycles. The number of carbonyl (C=O) groups is 1. The molecule has 0 bridgehead atoms. The molecule has 1 aromatic carbocycles. The first-order valence-electron chi connectivity index (χ1n) is 5.83. The zero-order valence-electron chi connectivity index (χ0n) is 9.35. The molecule has 0 radical (unpaired) electrons. The van der Waals surface area contributed by atoms with Gasteiger partial charge in [-0.1, -0.05) is 6.07 Å². The summed E-state index contributed by atoms with van der Waals surface area (Å²) in [5.41, 5.74) is 2.64. The molecule has 1 aliphatic rings. The summed E-state index contributed by atoms with van der Waals surface area (Å²) in [5, 5.41) is 8.64. The molecule has 3 rings (SSSR count). The number of aryl methyl sites for hydroxylation is 1. The maximum atomic E-state index is 10.5.